The van der Waals surface area contributed by atoms with Gasteiger partial charge in [0.15, 0.2) is 9.84 Å². The fourth-order valence-corrected chi connectivity index (χ4v) is 3.94. The Balaban J connectivity index is 1.82. The Labute approximate surface area is 89.7 Å². The number of sulfone groups is 1. The summed E-state index contributed by atoms with van der Waals surface area (Å²) in [5.41, 5.74) is 0. The molecule has 0 aromatic heterocycles. The standard InChI is InChI=1S/C9H17NO4S/c1-14-7-2-6(3-7)10-8-4-15(12,13)5-9(8)11/h6-11H,2-5H2,1H3. The summed E-state index contributed by atoms with van der Waals surface area (Å²) in [5.74, 6) is -0.0482. The van der Waals surface area contributed by atoms with E-state index in [9.17, 15) is 13.5 Å². The average molecular weight is 235 g/mol. The number of aliphatic hydroxyl groups excluding tert-OH is 1. The van der Waals surface area contributed by atoms with Crippen molar-refractivity contribution >= 4 is 9.84 Å². The summed E-state index contributed by atoms with van der Waals surface area (Å²) in [7, 11) is -1.36. The predicted octanol–water partition coefficient (Wildman–Crippen LogP) is -1.09. The second kappa shape index (κ2) is 4.01. The van der Waals surface area contributed by atoms with Crippen LogP contribution in [-0.2, 0) is 14.6 Å². The van der Waals surface area contributed by atoms with Crippen molar-refractivity contribution < 1.29 is 18.3 Å². The monoisotopic (exact) mass is 235 g/mol. The van der Waals surface area contributed by atoms with Crippen molar-refractivity contribution in [1.82, 2.24) is 5.32 Å². The van der Waals surface area contributed by atoms with Crippen molar-refractivity contribution in [2.24, 2.45) is 0 Å². The fourth-order valence-electron chi connectivity index (χ4n) is 2.19. The van der Waals surface area contributed by atoms with Gasteiger partial charge in [-0.2, -0.15) is 0 Å². The van der Waals surface area contributed by atoms with Gasteiger partial charge in [0.05, 0.1) is 23.7 Å². The van der Waals surface area contributed by atoms with Gasteiger partial charge < -0.3 is 15.2 Å². The van der Waals surface area contributed by atoms with E-state index in [4.69, 9.17) is 4.74 Å². The van der Waals surface area contributed by atoms with E-state index in [0.29, 0.717) is 6.04 Å². The molecule has 2 atom stereocenters. The maximum absolute atomic E-state index is 11.2. The highest BCUT2D eigenvalue weighted by Crippen LogP contribution is 2.24. The van der Waals surface area contributed by atoms with Gasteiger partial charge in [0.2, 0.25) is 0 Å². The van der Waals surface area contributed by atoms with E-state index in [-0.39, 0.29) is 23.7 Å². The molecule has 2 unspecified atom stereocenters. The van der Waals surface area contributed by atoms with Gasteiger partial charge in [0.1, 0.15) is 0 Å². The first-order valence-electron chi connectivity index (χ1n) is 5.17. The van der Waals surface area contributed by atoms with E-state index in [1.165, 1.54) is 0 Å². The molecule has 15 heavy (non-hydrogen) atoms. The van der Waals surface area contributed by atoms with E-state index >= 15 is 0 Å². The third-order valence-corrected chi connectivity index (χ3v) is 4.92. The van der Waals surface area contributed by atoms with Crippen LogP contribution in [0.4, 0.5) is 0 Å². The molecule has 0 bridgehead atoms. The van der Waals surface area contributed by atoms with Crippen LogP contribution >= 0.6 is 0 Å². The Morgan fingerprint density at radius 2 is 2.00 bits per heavy atom. The number of aliphatic hydroxyl groups is 1. The molecule has 2 aliphatic rings. The Morgan fingerprint density at radius 1 is 1.33 bits per heavy atom. The SMILES string of the molecule is COC1CC(NC2CS(=O)(=O)CC2O)C1. The first-order chi connectivity index (χ1) is 7.00. The first kappa shape index (κ1) is 11.3. The third-order valence-electron chi connectivity index (χ3n) is 3.20. The molecule has 0 aromatic carbocycles. The molecule has 2 fully saturated rings. The summed E-state index contributed by atoms with van der Waals surface area (Å²) in [6, 6.07) is 0.000654. The minimum absolute atomic E-state index is 0.0579. The molecule has 2 rings (SSSR count). The number of methoxy groups -OCH3 is 1. The minimum Gasteiger partial charge on any atom is -0.390 e. The van der Waals surface area contributed by atoms with Crippen LogP contribution in [-0.4, -0.2) is 56.4 Å². The molecule has 1 saturated heterocycles. The number of rotatable bonds is 3. The summed E-state index contributed by atoms with van der Waals surface area (Å²) < 4.78 is 27.6. The Bertz CT molecular complexity index is 323. The van der Waals surface area contributed by atoms with E-state index in [1.54, 1.807) is 7.11 Å². The molecule has 1 saturated carbocycles. The van der Waals surface area contributed by atoms with Crippen LogP contribution in [0.5, 0.6) is 0 Å². The molecule has 0 aromatic rings. The zero-order valence-corrected chi connectivity index (χ0v) is 9.53. The largest absolute Gasteiger partial charge is 0.390 e. The van der Waals surface area contributed by atoms with Crippen LogP contribution in [0, 0.1) is 0 Å². The molecule has 0 amide bonds. The van der Waals surface area contributed by atoms with Crippen LogP contribution in [0.3, 0.4) is 0 Å². The van der Waals surface area contributed by atoms with E-state index in [2.05, 4.69) is 5.32 Å². The topological polar surface area (TPSA) is 75.6 Å². The number of hydrogen-bond acceptors (Lipinski definition) is 5. The second-order valence-electron chi connectivity index (χ2n) is 4.44. The third kappa shape index (κ3) is 2.50. The lowest BCUT2D eigenvalue weighted by molar-refractivity contribution is 0.00983. The highest BCUT2D eigenvalue weighted by atomic mass is 32.2. The fraction of sp³-hybridized carbons (Fsp3) is 1.00. The van der Waals surface area contributed by atoms with Crippen molar-refractivity contribution in [3.05, 3.63) is 0 Å². The minimum atomic E-state index is -3.04. The molecule has 0 radical (unpaired) electrons. The quantitative estimate of drug-likeness (QED) is 0.650. The summed E-state index contributed by atoms with van der Waals surface area (Å²) in [6.45, 7) is 0. The molecular formula is C9H17NO4S. The van der Waals surface area contributed by atoms with Gasteiger partial charge in [0, 0.05) is 19.2 Å². The van der Waals surface area contributed by atoms with Gasteiger partial charge in [-0.1, -0.05) is 0 Å². The highest BCUT2D eigenvalue weighted by Gasteiger charge is 2.39. The number of ether oxygens (including phenoxy) is 1. The van der Waals surface area contributed by atoms with Crippen molar-refractivity contribution in [2.45, 2.75) is 37.1 Å². The molecule has 0 spiro atoms. The lowest BCUT2D eigenvalue weighted by Crippen LogP contribution is -2.52. The van der Waals surface area contributed by atoms with Crippen molar-refractivity contribution in [3.8, 4) is 0 Å². The van der Waals surface area contributed by atoms with Gasteiger partial charge in [-0.25, -0.2) is 8.42 Å². The van der Waals surface area contributed by atoms with Crippen LogP contribution in [0.1, 0.15) is 12.8 Å². The lowest BCUT2D eigenvalue weighted by Gasteiger charge is -2.37. The van der Waals surface area contributed by atoms with Crippen LogP contribution in [0.2, 0.25) is 0 Å². The van der Waals surface area contributed by atoms with Crippen LogP contribution in [0.15, 0.2) is 0 Å². The van der Waals surface area contributed by atoms with Gasteiger partial charge in [0.25, 0.3) is 0 Å². The molecule has 5 nitrogen and oxygen atoms in total. The smallest absolute Gasteiger partial charge is 0.154 e. The van der Waals surface area contributed by atoms with Gasteiger partial charge in [-0.3, -0.25) is 0 Å². The van der Waals surface area contributed by atoms with Crippen LogP contribution < -0.4 is 5.32 Å². The molecule has 88 valence electrons. The number of hydrogen-bond donors (Lipinski definition) is 2. The zero-order valence-electron chi connectivity index (χ0n) is 8.72. The second-order valence-corrected chi connectivity index (χ2v) is 6.60. The van der Waals surface area contributed by atoms with Gasteiger partial charge in [-0.15, -0.1) is 0 Å². The van der Waals surface area contributed by atoms with E-state index in [1.807, 2.05) is 0 Å². The molecule has 6 heteroatoms. The number of nitrogens with one attached hydrogen (secondary N) is 1. The lowest BCUT2D eigenvalue weighted by atomic mass is 9.88. The Kier molecular flexibility index (Phi) is 3.03. The molecule has 1 aliphatic heterocycles. The normalized spacial score (nSPS) is 43.9. The van der Waals surface area contributed by atoms with Crippen molar-refractivity contribution in [3.63, 3.8) is 0 Å². The van der Waals surface area contributed by atoms with Crippen molar-refractivity contribution in [1.29, 1.82) is 0 Å². The Morgan fingerprint density at radius 3 is 2.47 bits per heavy atom. The molecular weight excluding hydrogens is 218 g/mol. The highest BCUT2D eigenvalue weighted by molar-refractivity contribution is 7.91. The molecule has 2 N–H and O–H groups in total. The van der Waals surface area contributed by atoms with Crippen molar-refractivity contribution in [2.75, 3.05) is 18.6 Å². The van der Waals surface area contributed by atoms with Gasteiger partial charge >= 0.3 is 0 Å². The Hall–Kier alpha value is -0.170. The molecule has 1 heterocycles. The summed E-state index contributed by atoms with van der Waals surface area (Å²) >= 11 is 0. The molecule has 1 aliphatic carbocycles. The predicted molar refractivity (Wildman–Crippen MR) is 55.4 cm³/mol. The first-order valence-corrected chi connectivity index (χ1v) is 6.99. The maximum Gasteiger partial charge on any atom is 0.154 e. The van der Waals surface area contributed by atoms with E-state index in [0.717, 1.165) is 12.8 Å². The summed E-state index contributed by atoms with van der Waals surface area (Å²) in [4.78, 5) is 0. The van der Waals surface area contributed by atoms with E-state index < -0.39 is 15.9 Å². The maximum atomic E-state index is 11.2. The summed E-state index contributed by atoms with van der Waals surface area (Å²) in [5, 5.41) is 12.7. The average Bonchev–Trinajstić information content (AvgIpc) is 2.31. The van der Waals surface area contributed by atoms with Crippen LogP contribution in [0.25, 0.3) is 0 Å². The zero-order chi connectivity index (χ0) is 11.1. The summed E-state index contributed by atoms with van der Waals surface area (Å²) in [6.07, 6.45) is 1.34. The van der Waals surface area contributed by atoms with Gasteiger partial charge in [-0.05, 0) is 12.8 Å².